The Balaban J connectivity index is 1.96. The van der Waals surface area contributed by atoms with Crippen LogP contribution in [0.5, 0.6) is 0 Å². The predicted molar refractivity (Wildman–Crippen MR) is 84.8 cm³/mol. The smallest absolute Gasteiger partial charge is 0.256 e. The molecule has 0 aliphatic rings. The second kappa shape index (κ2) is 6.92. The zero-order valence-corrected chi connectivity index (χ0v) is 13.7. The second-order valence-corrected chi connectivity index (χ2v) is 5.80. The zero-order valence-electron chi connectivity index (χ0n) is 12.9. The number of nitrogens with zero attached hydrogens (tertiary/aromatic N) is 2. The minimum Gasteiger partial charge on any atom is -0.342 e. The van der Waals surface area contributed by atoms with E-state index in [9.17, 15) is 9.18 Å². The standard InChI is InChI=1S/C16H19ClFN3O/c1-10-13(11(2)20-19-10)5-4-8-21(3)16(22)14-9-12(17)6-7-15(14)18/h6-7,9H,4-5,8H2,1-3H3,(H,19,20). The summed E-state index contributed by atoms with van der Waals surface area (Å²) in [6.07, 6.45) is 1.61. The molecule has 1 aromatic carbocycles. The summed E-state index contributed by atoms with van der Waals surface area (Å²) in [7, 11) is 1.66. The number of carbonyl (C=O) groups is 1. The first-order valence-corrected chi connectivity index (χ1v) is 7.49. The highest BCUT2D eigenvalue weighted by Gasteiger charge is 2.16. The van der Waals surface area contributed by atoms with Gasteiger partial charge in [0.2, 0.25) is 0 Å². The fourth-order valence-corrected chi connectivity index (χ4v) is 2.58. The summed E-state index contributed by atoms with van der Waals surface area (Å²) < 4.78 is 13.7. The van der Waals surface area contributed by atoms with Crippen molar-refractivity contribution in [2.24, 2.45) is 0 Å². The molecule has 1 heterocycles. The van der Waals surface area contributed by atoms with Crippen molar-refractivity contribution in [3.8, 4) is 0 Å². The van der Waals surface area contributed by atoms with Gasteiger partial charge in [0.05, 0.1) is 11.3 Å². The number of amides is 1. The lowest BCUT2D eigenvalue weighted by Gasteiger charge is -2.17. The molecule has 1 amide bonds. The average molecular weight is 324 g/mol. The molecular formula is C16H19ClFN3O. The quantitative estimate of drug-likeness (QED) is 0.915. The molecule has 6 heteroatoms. The summed E-state index contributed by atoms with van der Waals surface area (Å²) in [5, 5.41) is 7.44. The lowest BCUT2D eigenvalue weighted by molar-refractivity contribution is 0.0789. The Morgan fingerprint density at radius 1 is 1.41 bits per heavy atom. The zero-order chi connectivity index (χ0) is 16.3. The van der Waals surface area contributed by atoms with E-state index in [4.69, 9.17) is 11.6 Å². The molecule has 22 heavy (non-hydrogen) atoms. The van der Waals surface area contributed by atoms with Gasteiger partial charge in [0, 0.05) is 24.3 Å². The van der Waals surface area contributed by atoms with Crippen molar-refractivity contribution in [1.82, 2.24) is 15.1 Å². The third-order valence-electron chi connectivity index (χ3n) is 3.71. The Morgan fingerprint density at radius 3 is 2.77 bits per heavy atom. The van der Waals surface area contributed by atoms with Crippen molar-refractivity contribution in [3.63, 3.8) is 0 Å². The molecule has 0 aliphatic carbocycles. The number of nitrogens with one attached hydrogen (secondary N) is 1. The van der Waals surface area contributed by atoms with Gasteiger partial charge in [-0.2, -0.15) is 5.10 Å². The second-order valence-electron chi connectivity index (χ2n) is 5.37. The Kier molecular flexibility index (Phi) is 5.19. The minimum absolute atomic E-state index is 0.00525. The van der Waals surface area contributed by atoms with Crippen molar-refractivity contribution in [2.45, 2.75) is 26.7 Å². The fourth-order valence-electron chi connectivity index (χ4n) is 2.40. The van der Waals surface area contributed by atoms with Crippen LogP contribution in [0.25, 0.3) is 0 Å². The Morgan fingerprint density at radius 2 is 2.14 bits per heavy atom. The molecule has 0 radical (unpaired) electrons. The summed E-state index contributed by atoms with van der Waals surface area (Å²) in [4.78, 5) is 13.8. The molecule has 0 fully saturated rings. The van der Waals surface area contributed by atoms with Gasteiger partial charge in [0.1, 0.15) is 5.82 Å². The van der Waals surface area contributed by atoms with Crippen LogP contribution in [0, 0.1) is 19.7 Å². The van der Waals surface area contributed by atoms with E-state index in [1.54, 1.807) is 7.05 Å². The predicted octanol–water partition coefficient (Wildman–Crippen LogP) is 3.52. The summed E-state index contributed by atoms with van der Waals surface area (Å²) in [5.41, 5.74) is 3.21. The van der Waals surface area contributed by atoms with E-state index in [1.165, 1.54) is 28.7 Å². The molecule has 0 bridgehead atoms. The van der Waals surface area contributed by atoms with Crippen molar-refractivity contribution < 1.29 is 9.18 Å². The van der Waals surface area contributed by atoms with Crippen LogP contribution < -0.4 is 0 Å². The minimum atomic E-state index is -0.553. The summed E-state index contributed by atoms with van der Waals surface area (Å²) >= 11 is 5.82. The highest BCUT2D eigenvalue weighted by molar-refractivity contribution is 6.30. The molecule has 1 aromatic heterocycles. The van der Waals surface area contributed by atoms with Gasteiger partial charge in [-0.25, -0.2) is 4.39 Å². The van der Waals surface area contributed by atoms with Gasteiger partial charge >= 0.3 is 0 Å². The van der Waals surface area contributed by atoms with E-state index >= 15 is 0 Å². The van der Waals surface area contributed by atoms with Crippen LogP contribution in [0.2, 0.25) is 5.02 Å². The van der Waals surface area contributed by atoms with E-state index in [-0.39, 0.29) is 11.5 Å². The Hall–Kier alpha value is -1.88. The van der Waals surface area contributed by atoms with Gasteiger partial charge in [-0.05, 0) is 50.5 Å². The number of halogens is 2. The van der Waals surface area contributed by atoms with Crippen LogP contribution >= 0.6 is 11.6 Å². The molecule has 4 nitrogen and oxygen atoms in total. The third-order valence-corrected chi connectivity index (χ3v) is 3.94. The number of aromatic amines is 1. The van der Waals surface area contributed by atoms with Gasteiger partial charge < -0.3 is 4.90 Å². The summed E-state index contributed by atoms with van der Waals surface area (Å²) in [6.45, 7) is 4.47. The van der Waals surface area contributed by atoms with Gasteiger partial charge in [-0.3, -0.25) is 9.89 Å². The number of hydrogen-bond donors (Lipinski definition) is 1. The number of H-pyrrole nitrogens is 1. The molecule has 0 unspecified atom stereocenters. The van der Waals surface area contributed by atoms with Crippen LogP contribution in [-0.2, 0) is 6.42 Å². The lowest BCUT2D eigenvalue weighted by Crippen LogP contribution is -2.28. The topological polar surface area (TPSA) is 49.0 Å². The van der Waals surface area contributed by atoms with Crippen LogP contribution in [0.1, 0.15) is 33.7 Å². The number of aromatic nitrogens is 2. The maximum atomic E-state index is 13.7. The third kappa shape index (κ3) is 3.65. The van der Waals surface area contributed by atoms with E-state index < -0.39 is 5.82 Å². The largest absolute Gasteiger partial charge is 0.342 e. The maximum Gasteiger partial charge on any atom is 0.256 e. The first kappa shape index (κ1) is 16.5. The Bertz CT molecular complexity index is 665. The molecule has 0 spiro atoms. The first-order valence-electron chi connectivity index (χ1n) is 7.11. The van der Waals surface area contributed by atoms with E-state index in [2.05, 4.69) is 10.2 Å². The molecule has 118 valence electrons. The van der Waals surface area contributed by atoms with Crippen molar-refractivity contribution in [1.29, 1.82) is 0 Å². The highest BCUT2D eigenvalue weighted by Crippen LogP contribution is 2.17. The van der Waals surface area contributed by atoms with Crippen molar-refractivity contribution >= 4 is 17.5 Å². The number of carbonyl (C=O) groups excluding carboxylic acids is 1. The van der Waals surface area contributed by atoms with E-state index in [1.807, 2.05) is 13.8 Å². The summed E-state index contributed by atoms with van der Waals surface area (Å²) in [6, 6.07) is 4.00. The highest BCUT2D eigenvalue weighted by atomic mass is 35.5. The van der Waals surface area contributed by atoms with Gasteiger partial charge in [0.25, 0.3) is 5.91 Å². The molecule has 0 saturated heterocycles. The maximum absolute atomic E-state index is 13.7. The molecule has 1 N–H and O–H groups in total. The molecule has 0 saturated carbocycles. The molecule has 2 aromatic rings. The molecule has 0 aliphatic heterocycles. The fraction of sp³-hybridized carbons (Fsp3) is 0.375. The first-order chi connectivity index (χ1) is 10.4. The van der Waals surface area contributed by atoms with Gasteiger partial charge in [-0.1, -0.05) is 11.6 Å². The van der Waals surface area contributed by atoms with Crippen LogP contribution in [0.3, 0.4) is 0 Å². The Labute approximate surface area is 134 Å². The van der Waals surface area contributed by atoms with Crippen LogP contribution in [0.15, 0.2) is 18.2 Å². The number of hydrogen-bond acceptors (Lipinski definition) is 2. The summed E-state index contributed by atoms with van der Waals surface area (Å²) in [5.74, 6) is -0.914. The van der Waals surface area contributed by atoms with Crippen molar-refractivity contribution in [2.75, 3.05) is 13.6 Å². The number of aryl methyl sites for hydroxylation is 2. The van der Waals surface area contributed by atoms with Gasteiger partial charge in [-0.15, -0.1) is 0 Å². The average Bonchev–Trinajstić information content (AvgIpc) is 2.80. The normalized spacial score (nSPS) is 10.8. The van der Waals surface area contributed by atoms with Crippen LogP contribution in [0.4, 0.5) is 4.39 Å². The SMILES string of the molecule is Cc1n[nH]c(C)c1CCCN(C)C(=O)c1cc(Cl)ccc1F. The number of rotatable bonds is 5. The van der Waals surface area contributed by atoms with E-state index in [0.717, 1.165) is 24.2 Å². The number of benzene rings is 1. The molecule has 2 rings (SSSR count). The monoisotopic (exact) mass is 323 g/mol. The van der Waals surface area contributed by atoms with Gasteiger partial charge in [0.15, 0.2) is 0 Å². The van der Waals surface area contributed by atoms with Crippen molar-refractivity contribution in [3.05, 3.63) is 51.6 Å². The van der Waals surface area contributed by atoms with E-state index in [0.29, 0.717) is 11.6 Å². The lowest BCUT2D eigenvalue weighted by atomic mass is 10.1. The molecule has 0 atom stereocenters. The van der Waals surface area contributed by atoms with Crippen LogP contribution in [-0.4, -0.2) is 34.6 Å². The molecular weight excluding hydrogens is 305 g/mol.